The normalized spacial score (nSPS) is 15.7. The number of amides is 1. The van der Waals surface area contributed by atoms with Crippen molar-refractivity contribution in [3.63, 3.8) is 0 Å². The van der Waals surface area contributed by atoms with Crippen molar-refractivity contribution in [1.82, 2.24) is 10.6 Å². The molecule has 0 fully saturated rings. The Labute approximate surface area is 87.6 Å². The van der Waals surface area contributed by atoms with Gasteiger partial charge in [-0.3, -0.25) is 4.79 Å². The molecule has 0 aliphatic heterocycles. The van der Waals surface area contributed by atoms with Crippen LogP contribution in [-0.4, -0.2) is 24.0 Å². The van der Waals surface area contributed by atoms with Crippen LogP contribution in [0.4, 0.5) is 0 Å². The molecule has 0 saturated heterocycles. The maximum absolute atomic E-state index is 11.5. The molecule has 3 heteroatoms. The Morgan fingerprint density at radius 1 is 1.00 bits per heavy atom. The standard InChI is InChI=1S/C11H24N2O/c1-7(2)9(5)13-10(6)11(14)12-8(3)4/h7-10,13H,1-6H3,(H,12,14). The molecule has 1 amide bonds. The van der Waals surface area contributed by atoms with Crippen molar-refractivity contribution in [1.29, 1.82) is 0 Å². The van der Waals surface area contributed by atoms with Crippen LogP contribution in [0.1, 0.15) is 41.5 Å². The summed E-state index contributed by atoms with van der Waals surface area (Å²) in [5.41, 5.74) is 0. The second-order valence-corrected chi connectivity index (χ2v) is 4.58. The predicted molar refractivity (Wildman–Crippen MR) is 60.2 cm³/mol. The van der Waals surface area contributed by atoms with Gasteiger partial charge >= 0.3 is 0 Å². The lowest BCUT2D eigenvalue weighted by Gasteiger charge is -2.23. The number of nitrogens with one attached hydrogen (secondary N) is 2. The van der Waals surface area contributed by atoms with E-state index in [4.69, 9.17) is 0 Å². The quantitative estimate of drug-likeness (QED) is 0.706. The van der Waals surface area contributed by atoms with Crippen LogP contribution >= 0.6 is 0 Å². The Hall–Kier alpha value is -0.570. The minimum atomic E-state index is -0.116. The van der Waals surface area contributed by atoms with E-state index in [9.17, 15) is 4.79 Å². The SMILES string of the molecule is CC(C)NC(=O)C(C)NC(C)C(C)C. The van der Waals surface area contributed by atoms with E-state index in [2.05, 4.69) is 31.4 Å². The summed E-state index contributed by atoms with van der Waals surface area (Å²) in [5, 5.41) is 6.16. The molecule has 0 radical (unpaired) electrons. The van der Waals surface area contributed by atoms with Crippen molar-refractivity contribution < 1.29 is 4.79 Å². The summed E-state index contributed by atoms with van der Waals surface area (Å²) in [4.78, 5) is 11.5. The molecule has 14 heavy (non-hydrogen) atoms. The summed E-state index contributed by atoms with van der Waals surface area (Å²) >= 11 is 0. The van der Waals surface area contributed by atoms with Gasteiger partial charge in [0.25, 0.3) is 0 Å². The van der Waals surface area contributed by atoms with E-state index in [1.807, 2.05) is 20.8 Å². The third-order valence-electron chi connectivity index (χ3n) is 2.34. The van der Waals surface area contributed by atoms with Crippen LogP contribution in [-0.2, 0) is 4.79 Å². The molecular weight excluding hydrogens is 176 g/mol. The zero-order chi connectivity index (χ0) is 11.3. The number of rotatable bonds is 5. The fourth-order valence-electron chi connectivity index (χ4n) is 1.07. The highest BCUT2D eigenvalue weighted by Crippen LogP contribution is 2.01. The third kappa shape index (κ3) is 5.22. The lowest BCUT2D eigenvalue weighted by atomic mass is 10.1. The number of carbonyl (C=O) groups is 1. The number of carbonyl (C=O) groups excluding carboxylic acids is 1. The van der Waals surface area contributed by atoms with Crippen LogP contribution in [0.15, 0.2) is 0 Å². The van der Waals surface area contributed by atoms with Gasteiger partial charge in [-0.2, -0.15) is 0 Å². The fraction of sp³-hybridized carbons (Fsp3) is 0.909. The van der Waals surface area contributed by atoms with Crippen LogP contribution in [0, 0.1) is 5.92 Å². The maximum Gasteiger partial charge on any atom is 0.237 e. The molecule has 2 unspecified atom stereocenters. The van der Waals surface area contributed by atoms with Gasteiger partial charge in [-0.15, -0.1) is 0 Å². The summed E-state index contributed by atoms with van der Waals surface area (Å²) in [7, 11) is 0. The monoisotopic (exact) mass is 200 g/mol. The Morgan fingerprint density at radius 3 is 1.86 bits per heavy atom. The molecule has 0 aromatic heterocycles. The topological polar surface area (TPSA) is 41.1 Å². The van der Waals surface area contributed by atoms with Crippen molar-refractivity contribution >= 4 is 5.91 Å². The average Bonchev–Trinajstić information content (AvgIpc) is 2.02. The average molecular weight is 200 g/mol. The van der Waals surface area contributed by atoms with E-state index in [0.29, 0.717) is 12.0 Å². The highest BCUT2D eigenvalue weighted by Gasteiger charge is 2.16. The van der Waals surface area contributed by atoms with Gasteiger partial charge in [-0.05, 0) is 33.6 Å². The molecule has 0 aromatic carbocycles. The first-order valence-electron chi connectivity index (χ1n) is 5.41. The van der Waals surface area contributed by atoms with Crippen LogP contribution < -0.4 is 10.6 Å². The van der Waals surface area contributed by atoms with E-state index in [-0.39, 0.29) is 18.0 Å². The molecule has 84 valence electrons. The largest absolute Gasteiger partial charge is 0.353 e. The van der Waals surface area contributed by atoms with Crippen molar-refractivity contribution in [2.45, 2.75) is 59.7 Å². The summed E-state index contributed by atoms with van der Waals surface area (Å²) in [6.07, 6.45) is 0. The third-order valence-corrected chi connectivity index (χ3v) is 2.34. The van der Waals surface area contributed by atoms with E-state index in [1.165, 1.54) is 0 Å². The highest BCUT2D eigenvalue weighted by atomic mass is 16.2. The van der Waals surface area contributed by atoms with Crippen LogP contribution in [0.5, 0.6) is 0 Å². The first-order valence-corrected chi connectivity index (χ1v) is 5.41. The van der Waals surface area contributed by atoms with Gasteiger partial charge in [0.2, 0.25) is 5.91 Å². The number of hydrogen-bond acceptors (Lipinski definition) is 2. The molecule has 2 atom stereocenters. The Bertz CT molecular complexity index is 178. The summed E-state index contributed by atoms with van der Waals surface area (Å²) in [6.45, 7) is 12.2. The molecule has 0 aliphatic carbocycles. The Kier molecular flexibility index (Phi) is 5.77. The van der Waals surface area contributed by atoms with Crippen molar-refractivity contribution in [2.75, 3.05) is 0 Å². The second kappa shape index (κ2) is 6.02. The van der Waals surface area contributed by atoms with Gasteiger partial charge in [0.1, 0.15) is 0 Å². The molecule has 0 heterocycles. The zero-order valence-electron chi connectivity index (χ0n) is 10.2. The lowest BCUT2D eigenvalue weighted by Crippen LogP contribution is -2.48. The molecule has 0 rings (SSSR count). The minimum Gasteiger partial charge on any atom is -0.353 e. The molecule has 3 nitrogen and oxygen atoms in total. The minimum absolute atomic E-state index is 0.0764. The summed E-state index contributed by atoms with van der Waals surface area (Å²) in [5.74, 6) is 0.622. The van der Waals surface area contributed by atoms with E-state index < -0.39 is 0 Å². The van der Waals surface area contributed by atoms with E-state index >= 15 is 0 Å². The van der Waals surface area contributed by atoms with Crippen molar-refractivity contribution in [2.24, 2.45) is 5.92 Å². The number of hydrogen-bond donors (Lipinski definition) is 2. The maximum atomic E-state index is 11.5. The Morgan fingerprint density at radius 2 is 1.50 bits per heavy atom. The molecule has 2 N–H and O–H groups in total. The smallest absolute Gasteiger partial charge is 0.237 e. The van der Waals surface area contributed by atoms with Crippen LogP contribution in [0.2, 0.25) is 0 Å². The van der Waals surface area contributed by atoms with Crippen LogP contribution in [0.25, 0.3) is 0 Å². The molecular formula is C11H24N2O. The zero-order valence-corrected chi connectivity index (χ0v) is 10.2. The highest BCUT2D eigenvalue weighted by molar-refractivity contribution is 5.81. The van der Waals surface area contributed by atoms with Crippen molar-refractivity contribution in [3.05, 3.63) is 0 Å². The van der Waals surface area contributed by atoms with Gasteiger partial charge in [0.15, 0.2) is 0 Å². The lowest BCUT2D eigenvalue weighted by molar-refractivity contribution is -0.123. The molecule has 0 saturated carbocycles. The molecule has 0 spiro atoms. The second-order valence-electron chi connectivity index (χ2n) is 4.58. The van der Waals surface area contributed by atoms with Gasteiger partial charge in [-0.1, -0.05) is 13.8 Å². The molecule has 0 bridgehead atoms. The van der Waals surface area contributed by atoms with Gasteiger partial charge in [0, 0.05) is 12.1 Å². The molecule has 0 aromatic rings. The van der Waals surface area contributed by atoms with Gasteiger partial charge in [0.05, 0.1) is 6.04 Å². The Balaban J connectivity index is 3.95. The van der Waals surface area contributed by atoms with Gasteiger partial charge in [-0.25, -0.2) is 0 Å². The first kappa shape index (κ1) is 13.4. The summed E-state index contributed by atoms with van der Waals surface area (Å²) in [6, 6.07) is 0.457. The fourth-order valence-corrected chi connectivity index (χ4v) is 1.07. The summed E-state index contributed by atoms with van der Waals surface area (Å²) < 4.78 is 0. The van der Waals surface area contributed by atoms with E-state index in [1.54, 1.807) is 0 Å². The van der Waals surface area contributed by atoms with E-state index in [0.717, 1.165) is 0 Å². The van der Waals surface area contributed by atoms with Gasteiger partial charge < -0.3 is 10.6 Å². The first-order chi connectivity index (χ1) is 6.34. The van der Waals surface area contributed by atoms with Crippen molar-refractivity contribution in [3.8, 4) is 0 Å². The molecule has 0 aliphatic rings. The van der Waals surface area contributed by atoms with Crippen LogP contribution in [0.3, 0.4) is 0 Å². The predicted octanol–water partition coefficient (Wildman–Crippen LogP) is 1.53.